The first-order valence-electron chi connectivity index (χ1n) is 7.13. The van der Waals surface area contributed by atoms with E-state index in [1.165, 1.54) is 0 Å². The molecule has 0 radical (unpaired) electrons. The lowest BCUT2D eigenvalue weighted by molar-refractivity contribution is -0.176. The van der Waals surface area contributed by atoms with Gasteiger partial charge in [-0.1, -0.05) is 17.7 Å². The summed E-state index contributed by atoms with van der Waals surface area (Å²) in [4.78, 5) is 1.80. The van der Waals surface area contributed by atoms with E-state index in [-0.39, 0.29) is 19.0 Å². The third-order valence-corrected chi connectivity index (χ3v) is 4.20. The topological polar surface area (TPSA) is 29.3 Å². The Morgan fingerprint density at radius 2 is 2.14 bits per heavy atom. The zero-order valence-corrected chi connectivity index (χ0v) is 12.7. The highest BCUT2D eigenvalue weighted by atomic mass is 35.5. The van der Waals surface area contributed by atoms with Crippen LogP contribution in [0.1, 0.15) is 25.3 Å². The molecule has 1 aliphatic heterocycles. The Morgan fingerprint density at radius 1 is 1.43 bits per heavy atom. The molecule has 0 aromatic heterocycles. The van der Waals surface area contributed by atoms with E-state index in [2.05, 4.69) is 0 Å². The van der Waals surface area contributed by atoms with E-state index in [1.807, 2.05) is 13.0 Å². The minimum absolute atomic E-state index is 0.00417. The van der Waals surface area contributed by atoms with Crippen molar-refractivity contribution in [3.8, 4) is 0 Å². The molecule has 6 heteroatoms. The maximum atomic E-state index is 12.9. The number of alkyl halides is 3. The number of benzene rings is 1. The van der Waals surface area contributed by atoms with E-state index < -0.39 is 12.1 Å². The molecule has 118 valence electrons. The van der Waals surface area contributed by atoms with Crippen molar-refractivity contribution in [2.75, 3.05) is 18.0 Å². The van der Waals surface area contributed by atoms with E-state index in [4.69, 9.17) is 17.3 Å². The number of hydrogen-bond acceptors (Lipinski definition) is 2. The molecule has 2 unspecified atom stereocenters. The zero-order valence-electron chi connectivity index (χ0n) is 12.0. The highest BCUT2D eigenvalue weighted by Gasteiger charge is 2.42. The monoisotopic (exact) mass is 320 g/mol. The molecule has 1 aromatic carbocycles. The molecule has 2 rings (SSSR count). The summed E-state index contributed by atoms with van der Waals surface area (Å²) >= 11 is 6.21. The summed E-state index contributed by atoms with van der Waals surface area (Å²) in [6.07, 6.45) is -2.85. The molecule has 0 spiro atoms. The summed E-state index contributed by atoms with van der Waals surface area (Å²) < 4.78 is 38.8. The molecule has 1 saturated heterocycles. The smallest absolute Gasteiger partial charge is 0.371 e. The Kier molecular flexibility index (Phi) is 5.04. The lowest BCUT2D eigenvalue weighted by Crippen LogP contribution is -2.42. The van der Waals surface area contributed by atoms with E-state index in [1.54, 1.807) is 17.0 Å². The number of rotatable bonds is 3. The normalized spacial score (nSPS) is 21.4. The molecule has 0 saturated carbocycles. The van der Waals surface area contributed by atoms with Crippen LogP contribution in [0.3, 0.4) is 0 Å². The fourth-order valence-corrected chi connectivity index (χ4v) is 3.08. The molecule has 1 aromatic rings. The fourth-order valence-electron chi connectivity index (χ4n) is 2.83. The molecule has 2 N–H and O–H groups in total. The van der Waals surface area contributed by atoms with Crippen LogP contribution in [0.25, 0.3) is 0 Å². The molecule has 2 atom stereocenters. The zero-order chi connectivity index (χ0) is 15.6. The van der Waals surface area contributed by atoms with Crippen LogP contribution in [-0.2, 0) is 6.42 Å². The molecule has 1 heterocycles. The summed E-state index contributed by atoms with van der Waals surface area (Å²) in [6, 6.07) is 5.28. The predicted molar refractivity (Wildman–Crippen MR) is 79.8 cm³/mol. The summed E-state index contributed by atoms with van der Waals surface area (Å²) in [5.41, 5.74) is 7.46. The highest BCUT2D eigenvalue weighted by molar-refractivity contribution is 6.31. The van der Waals surface area contributed by atoms with Gasteiger partial charge in [-0.05, 0) is 43.9 Å². The second-order valence-corrected chi connectivity index (χ2v) is 6.15. The second kappa shape index (κ2) is 6.44. The van der Waals surface area contributed by atoms with Crippen LogP contribution in [0.5, 0.6) is 0 Å². The van der Waals surface area contributed by atoms with Crippen molar-refractivity contribution in [3.63, 3.8) is 0 Å². The maximum Gasteiger partial charge on any atom is 0.393 e. The van der Waals surface area contributed by atoms with E-state index in [0.29, 0.717) is 24.4 Å². The Morgan fingerprint density at radius 3 is 2.76 bits per heavy atom. The van der Waals surface area contributed by atoms with Crippen LogP contribution >= 0.6 is 11.6 Å². The SMILES string of the molecule is CC(N)Cc1c(Cl)cccc1N1CCCC(C(F)(F)F)C1. The largest absolute Gasteiger partial charge is 0.393 e. The quantitative estimate of drug-likeness (QED) is 0.912. The van der Waals surface area contributed by atoms with Crippen molar-refractivity contribution in [3.05, 3.63) is 28.8 Å². The third-order valence-electron chi connectivity index (χ3n) is 3.85. The van der Waals surface area contributed by atoms with Gasteiger partial charge < -0.3 is 10.6 Å². The molecule has 0 amide bonds. The third kappa shape index (κ3) is 4.04. The molecular formula is C15H20ClF3N2. The second-order valence-electron chi connectivity index (χ2n) is 5.75. The van der Waals surface area contributed by atoms with Gasteiger partial charge in [-0.15, -0.1) is 0 Å². The van der Waals surface area contributed by atoms with Gasteiger partial charge in [0.2, 0.25) is 0 Å². The van der Waals surface area contributed by atoms with Gasteiger partial charge in [-0.25, -0.2) is 0 Å². The number of hydrogen-bond donors (Lipinski definition) is 1. The summed E-state index contributed by atoms with van der Waals surface area (Å²) in [5.74, 6) is -1.27. The van der Waals surface area contributed by atoms with Crippen LogP contribution in [0.4, 0.5) is 18.9 Å². The minimum Gasteiger partial charge on any atom is -0.371 e. The summed E-state index contributed by atoms with van der Waals surface area (Å²) in [7, 11) is 0. The maximum absolute atomic E-state index is 12.9. The van der Waals surface area contributed by atoms with Crippen LogP contribution in [0.15, 0.2) is 18.2 Å². The minimum atomic E-state index is -4.14. The van der Waals surface area contributed by atoms with Crippen molar-refractivity contribution < 1.29 is 13.2 Å². The van der Waals surface area contributed by atoms with Gasteiger partial charge in [-0.3, -0.25) is 0 Å². The molecule has 2 nitrogen and oxygen atoms in total. The lowest BCUT2D eigenvalue weighted by atomic mass is 9.95. The van der Waals surface area contributed by atoms with Crippen molar-refractivity contribution >= 4 is 17.3 Å². The average Bonchev–Trinajstić information content (AvgIpc) is 2.40. The number of nitrogens with two attached hydrogens (primary N) is 1. The van der Waals surface area contributed by atoms with Crippen LogP contribution < -0.4 is 10.6 Å². The number of anilines is 1. The Labute approximate surface area is 128 Å². The first kappa shape index (κ1) is 16.4. The van der Waals surface area contributed by atoms with Crippen molar-refractivity contribution in [2.24, 2.45) is 11.7 Å². The Hall–Kier alpha value is -0.940. The van der Waals surface area contributed by atoms with Gasteiger partial charge in [-0.2, -0.15) is 13.2 Å². The first-order chi connectivity index (χ1) is 9.79. The van der Waals surface area contributed by atoms with Gasteiger partial charge in [0, 0.05) is 29.8 Å². The molecule has 21 heavy (non-hydrogen) atoms. The molecule has 1 fully saturated rings. The molecule has 0 bridgehead atoms. The van der Waals surface area contributed by atoms with Crippen molar-refractivity contribution in [2.45, 2.75) is 38.4 Å². The number of halogens is 4. The number of nitrogens with zero attached hydrogens (tertiary/aromatic N) is 1. The Balaban J connectivity index is 2.27. The van der Waals surface area contributed by atoms with E-state index in [9.17, 15) is 13.2 Å². The summed E-state index contributed by atoms with van der Waals surface area (Å²) in [5, 5.41) is 0.568. The van der Waals surface area contributed by atoms with Crippen LogP contribution in [-0.4, -0.2) is 25.3 Å². The van der Waals surface area contributed by atoms with Gasteiger partial charge in [0.15, 0.2) is 0 Å². The first-order valence-corrected chi connectivity index (χ1v) is 7.51. The molecule has 1 aliphatic rings. The average molecular weight is 321 g/mol. The predicted octanol–water partition coefficient (Wildman–Crippen LogP) is 4.01. The van der Waals surface area contributed by atoms with Crippen LogP contribution in [0, 0.1) is 5.92 Å². The lowest BCUT2D eigenvalue weighted by Gasteiger charge is -2.36. The van der Waals surface area contributed by atoms with Gasteiger partial charge in [0.05, 0.1) is 5.92 Å². The number of piperidine rings is 1. The van der Waals surface area contributed by atoms with Gasteiger partial charge >= 0.3 is 6.18 Å². The van der Waals surface area contributed by atoms with Gasteiger partial charge in [0.1, 0.15) is 0 Å². The van der Waals surface area contributed by atoms with Crippen molar-refractivity contribution in [1.82, 2.24) is 0 Å². The van der Waals surface area contributed by atoms with Crippen molar-refractivity contribution in [1.29, 1.82) is 0 Å². The molecule has 0 aliphatic carbocycles. The van der Waals surface area contributed by atoms with E-state index in [0.717, 1.165) is 11.3 Å². The molecular weight excluding hydrogens is 301 g/mol. The summed E-state index contributed by atoms with van der Waals surface area (Å²) in [6.45, 7) is 2.48. The van der Waals surface area contributed by atoms with Crippen LogP contribution in [0.2, 0.25) is 5.02 Å². The van der Waals surface area contributed by atoms with Gasteiger partial charge in [0.25, 0.3) is 0 Å². The standard InChI is InChI=1S/C15H20ClF3N2/c1-10(20)8-12-13(16)5-2-6-14(12)21-7-3-4-11(9-21)15(17,18)19/h2,5-6,10-11H,3-4,7-9,20H2,1H3. The fraction of sp³-hybridized carbons (Fsp3) is 0.600. The highest BCUT2D eigenvalue weighted by Crippen LogP contribution is 2.37. The van der Waals surface area contributed by atoms with E-state index >= 15 is 0 Å². The Bertz CT molecular complexity index is 488.